The quantitative estimate of drug-likeness (QED) is 0.614. The van der Waals surface area contributed by atoms with E-state index in [0.717, 1.165) is 24.6 Å². The normalized spacial score (nSPS) is 21.0. The monoisotopic (exact) mass is 165 g/mol. The van der Waals surface area contributed by atoms with Crippen molar-refractivity contribution in [3.8, 4) is 0 Å². The highest BCUT2D eigenvalue weighted by Crippen LogP contribution is 2.27. The molecule has 4 nitrogen and oxygen atoms in total. The van der Waals surface area contributed by atoms with E-state index in [4.69, 9.17) is 0 Å². The lowest BCUT2D eigenvalue weighted by Crippen LogP contribution is -2.06. The zero-order valence-electron chi connectivity index (χ0n) is 7.24. The number of ketones is 1. The van der Waals surface area contributed by atoms with Crippen molar-refractivity contribution in [1.29, 1.82) is 0 Å². The summed E-state index contributed by atoms with van der Waals surface area (Å²) in [5.74, 6) is 1.95. The summed E-state index contributed by atoms with van der Waals surface area (Å²) in [6.45, 7) is 4.42. The molecule has 2 rings (SSSR count). The van der Waals surface area contributed by atoms with Gasteiger partial charge >= 0.3 is 0 Å². The Kier molecular flexibility index (Phi) is 1.49. The number of carbonyl (C=O) groups is 1. The number of carbonyl (C=O) groups excluding carboxylic acids is 1. The Hall–Kier alpha value is -1.19. The summed E-state index contributed by atoms with van der Waals surface area (Å²) in [7, 11) is 0. The minimum Gasteiger partial charge on any atom is -0.315 e. The minimum atomic E-state index is -0.00815. The van der Waals surface area contributed by atoms with Crippen LogP contribution in [-0.4, -0.2) is 20.5 Å². The molecule has 12 heavy (non-hydrogen) atoms. The van der Waals surface area contributed by atoms with Crippen LogP contribution in [-0.2, 0) is 11.3 Å². The fourth-order valence-electron chi connectivity index (χ4n) is 1.70. The first-order chi connectivity index (χ1) is 5.70. The van der Waals surface area contributed by atoms with Crippen molar-refractivity contribution in [2.45, 2.75) is 32.7 Å². The van der Waals surface area contributed by atoms with E-state index in [1.165, 1.54) is 0 Å². The largest absolute Gasteiger partial charge is 0.315 e. The van der Waals surface area contributed by atoms with Crippen molar-refractivity contribution in [2.24, 2.45) is 0 Å². The van der Waals surface area contributed by atoms with Crippen LogP contribution in [0.25, 0.3) is 0 Å². The number of fused-ring (bicyclic) bond motifs is 1. The van der Waals surface area contributed by atoms with E-state index in [0.29, 0.717) is 0 Å². The first-order valence-electron chi connectivity index (χ1n) is 4.10. The Balaban J connectivity index is 2.43. The van der Waals surface area contributed by atoms with Crippen LogP contribution in [0.3, 0.4) is 0 Å². The predicted molar refractivity (Wildman–Crippen MR) is 42.8 cm³/mol. The highest BCUT2D eigenvalue weighted by atomic mass is 16.1. The van der Waals surface area contributed by atoms with Crippen LogP contribution in [0.2, 0.25) is 0 Å². The lowest BCUT2D eigenvalue weighted by Gasteiger charge is -1.99. The fraction of sp³-hybridized carbons (Fsp3) is 0.625. The topological polar surface area (TPSA) is 47.8 Å². The fourth-order valence-corrected chi connectivity index (χ4v) is 1.70. The van der Waals surface area contributed by atoms with E-state index in [2.05, 4.69) is 10.2 Å². The second-order valence-corrected chi connectivity index (χ2v) is 3.21. The summed E-state index contributed by atoms with van der Waals surface area (Å²) in [4.78, 5) is 11.1. The van der Waals surface area contributed by atoms with Crippen molar-refractivity contribution >= 4 is 5.78 Å². The molecule has 0 spiro atoms. The third-order valence-corrected chi connectivity index (χ3v) is 2.41. The zero-order valence-corrected chi connectivity index (χ0v) is 7.24. The second-order valence-electron chi connectivity index (χ2n) is 3.21. The van der Waals surface area contributed by atoms with E-state index in [9.17, 15) is 4.79 Å². The lowest BCUT2D eigenvalue weighted by atomic mass is 10.0. The summed E-state index contributed by atoms with van der Waals surface area (Å²) in [5, 5.41) is 7.92. The van der Waals surface area contributed by atoms with Gasteiger partial charge in [0.2, 0.25) is 0 Å². The number of Topliss-reactive ketones (excluding diaryl/α,β-unsaturated/α-hetero) is 1. The number of aryl methyl sites for hydroxylation is 1. The maximum atomic E-state index is 11.1. The molecule has 0 aliphatic carbocycles. The standard InChI is InChI=1S/C8H11N3O/c1-5(12)7-3-4-11-6(2)9-10-8(7)11/h7H,3-4H2,1-2H3. The minimum absolute atomic E-state index is 0.00815. The summed E-state index contributed by atoms with van der Waals surface area (Å²) in [6, 6.07) is 0. The van der Waals surface area contributed by atoms with Gasteiger partial charge in [-0.15, -0.1) is 10.2 Å². The molecule has 1 aliphatic rings. The maximum Gasteiger partial charge on any atom is 0.143 e. The third kappa shape index (κ3) is 0.873. The molecule has 1 atom stereocenters. The molecule has 0 N–H and O–H groups in total. The van der Waals surface area contributed by atoms with E-state index < -0.39 is 0 Å². The Morgan fingerprint density at radius 1 is 1.58 bits per heavy atom. The van der Waals surface area contributed by atoms with Crippen LogP contribution >= 0.6 is 0 Å². The second kappa shape index (κ2) is 2.40. The van der Waals surface area contributed by atoms with Gasteiger partial charge in [-0.05, 0) is 20.3 Å². The van der Waals surface area contributed by atoms with Crippen molar-refractivity contribution in [3.05, 3.63) is 11.6 Å². The zero-order chi connectivity index (χ0) is 8.72. The molecule has 4 heteroatoms. The van der Waals surface area contributed by atoms with Crippen LogP contribution < -0.4 is 0 Å². The van der Waals surface area contributed by atoms with Gasteiger partial charge in [-0.1, -0.05) is 0 Å². The number of rotatable bonds is 1. The van der Waals surface area contributed by atoms with Gasteiger partial charge in [-0.2, -0.15) is 0 Å². The maximum absolute atomic E-state index is 11.1. The van der Waals surface area contributed by atoms with Crippen molar-refractivity contribution < 1.29 is 4.79 Å². The molecule has 1 aromatic heterocycles. The predicted octanol–water partition coefficient (Wildman–Crippen LogP) is 0.663. The van der Waals surface area contributed by atoms with Crippen LogP contribution in [0.15, 0.2) is 0 Å². The smallest absolute Gasteiger partial charge is 0.143 e. The highest BCUT2D eigenvalue weighted by Gasteiger charge is 2.29. The summed E-state index contributed by atoms with van der Waals surface area (Å²) < 4.78 is 2.02. The Morgan fingerprint density at radius 2 is 2.33 bits per heavy atom. The van der Waals surface area contributed by atoms with E-state index in [1.54, 1.807) is 6.92 Å². The van der Waals surface area contributed by atoms with Crippen LogP contribution in [0, 0.1) is 6.92 Å². The first-order valence-corrected chi connectivity index (χ1v) is 4.10. The third-order valence-electron chi connectivity index (χ3n) is 2.41. The number of hydrogen-bond donors (Lipinski definition) is 0. The Morgan fingerprint density at radius 3 is 3.00 bits per heavy atom. The Bertz CT molecular complexity index is 329. The van der Waals surface area contributed by atoms with Crippen LogP contribution in [0.4, 0.5) is 0 Å². The summed E-state index contributed by atoms with van der Waals surface area (Å²) in [5.41, 5.74) is 0. The molecule has 0 saturated heterocycles. The molecule has 0 amide bonds. The van der Waals surface area contributed by atoms with Gasteiger partial charge in [0.25, 0.3) is 0 Å². The molecule has 0 saturated carbocycles. The van der Waals surface area contributed by atoms with Crippen molar-refractivity contribution in [2.75, 3.05) is 0 Å². The summed E-state index contributed by atoms with van der Waals surface area (Å²) >= 11 is 0. The van der Waals surface area contributed by atoms with E-state index in [-0.39, 0.29) is 11.7 Å². The van der Waals surface area contributed by atoms with Crippen LogP contribution in [0.1, 0.15) is 30.9 Å². The number of nitrogens with zero attached hydrogens (tertiary/aromatic N) is 3. The van der Waals surface area contributed by atoms with Gasteiger partial charge in [0, 0.05) is 6.54 Å². The van der Waals surface area contributed by atoms with E-state index >= 15 is 0 Å². The average molecular weight is 165 g/mol. The summed E-state index contributed by atoms with van der Waals surface area (Å²) in [6.07, 6.45) is 0.890. The molecular formula is C8H11N3O. The molecule has 0 radical (unpaired) electrons. The molecule has 0 fully saturated rings. The van der Waals surface area contributed by atoms with Crippen molar-refractivity contribution in [3.63, 3.8) is 0 Å². The van der Waals surface area contributed by atoms with E-state index in [1.807, 2.05) is 11.5 Å². The van der Waals surface area contributed by atoms with Crippen molar-refractivity contribution in [1.82, 2.24) is 14.8 Å². The number of hydrogen-bond acceptors (Lipinski definition) is 3. The highest BCUT2D eigenvalue weighted by molar-refractivity contribution is 5.82. The molecule has 0 aromatic carbocycles. The first kappa shape index (κ1) is 7.46. The van der Waals surface area contributed by atoms with Crippen LogP contribution in [0.5, 0.6) is 0 Å². The molecule has 64 valence electrons. The molecule has 1 aliphatic heterocycles. The van der Waals surface area contributed by atoms with Gasteiger partial charge in [0.05, 0.1) is 5.92 Å². The van der Waals surface area contributed by atoms with Gasteiger partial charge in [0.1, 0.15) is 17.4 Å². The van der Waals surface area contributed by atoms with Gasteiger partial charge in [-0.3, -0.25) is 4.79 Å². The van der Waals surface area contributed by atoms with Gasteiger partial charge < -0.3 is 4.57 Å². The lowest BCUT2D eigenvalue weighted by molar-refractivity contribution is -0.118. The molecular weight excluding hydrogens is 154 g/mol. The molecule has 2 heterocycles. The molecule has 1 unspecified atom stereocenters. The molecule has 0 bridgehead atoms. The van der Waals surface area contributed by atoms with Gasteiger partial charge in [0.15, 0.2) is 0 Å². The molecule has 1 aromatic rings. The van der Waals surface area contributed by atoms with Gasteiger partial charge in [-0.25, -0.2) is 0 Å². The number of aromatic nitrogens is 3. The average Bonchev–Trinajstić information content (AvgIpc) is 2.53. The SMILES string of the molecule is CC(=O)C1CCn2c(C)nnc21. The Labute approximate surface area is 70.6 Å².